The Morgan fingerprint density at radius 3 is 2.72 bits per heavy atom. The number of ether oxygens (including phenoxy) is 1. The van der Waals surface area contributed by atoms with Crippen LogP contribution in [0.15, 0.2) is 22.7 Å². The second-order valence-electron chi connectivity index (χ2n) is 4.63. The lowest BCUT2D eigenvalue weighted by Gasteiger charge is -2.22. The smallest absolute Gasteiger partial charge is 0.0622 e. The molecule has 2 nitrogen and oxygen atoms in total. The van der Waals surface area contributed by atoms with Gasteiger partial charge in [-0.05, 0) is 36.6 Å². The van der Waals surface area contributed by atoms with Crippen LogP contribution >= 0.6 is 27.5 Å². The van der Waals surface area contributed by atoms with Gasteiger partial charge in [-0.15, -0.1) is 0 Å². The van der Waals surface area contributed by atoms with Gasteiger partial charge in [0.1, 0.15) is 0 Å². The van der Waals surface area contributed by atoms with Gasteiger partial charge in [0, 0.05) is 28.7 Å². The van der Waals surface area contributed by atoms with Gasteiger partial charge in [0.15, 0.2) is 0 Å². The highest BCUT2D eigenvalue weighted by Crippen LogP contribution is 2.21. The van der Waals surface area contributed by atoms with Crippen molar-refractivity contribution in [3.8, 4) is 0 Å². The Morgan fingerprint density at radius 1 is 1.39 bits per heavy atom. The highest BCUT2D eigenvalue weighted by atomic mass is 79.9. The van der Waals surface area contributed by atoms with E-state index in [4.69, 9.17) is 16.3 Å². The van der Waals surface area contributed by atoms with Crippen molar-refractivity contribution >= 4 is 27.5 Å². The molecule has 4 heteroatoms. The van der Waals surface area contributed by atoms with E-state index in [0.717, 1.165) is 34.8 Å². The largest absolute Gasteiger partial charge is 0.380 e. The maximum absolute atomic E-state index is 6.17. The van der Waals surface area contributed by atoms with Crippen LogP contribution in [0.2, 0.25) is 5.02 Å². The maximum atomic E-state index is 6.17. The second-order valence-corrected chi connectivity index (χ2v) is 5.95. The molecule has 0 saturated heterocycles. The van der Waals surface area contributed by atoms with E-state index in [-0.39, 0.29) is 0 Å². The molecule has 0 saturated carbocycles. The first kappa shape index (κ1) is 16.0. The van der Waals surface area contributed by atoms with Crippen molar-refractivity contribution in [1.29, 1.82) is 0 Å². The molecule has 1 unspecified atom stereocenters. The highest BCUT2D eigenvalue weighted by molar-refractivity contribution is 9.10. The lowest BCUT2D eigenvalue weighted by atomic mass is 10.0. The van der Waals surface area contributed by atoms with E-state index >= 15 is 0 Å². The Kier molecular flexibility index (Phi) is 7.23. The molecule has 0 fully saturated rings. The zero-order chi connectivity index (χ0) is 13.5. The van der Waals surface area contributed by atoms with Crippen LogP contribution in [-0.4, -0.2) is 19.3 Å². The van der Waals surface area contributed by atoms with Crippen LogP contribution in [-0.2, 0) is 11.3 Å². The molecule has 0 aromatic heterocycles. The summed E-state index contributed by atoms with van der Waals surface area (Å²) in [5.74, 6) is 0.530. The van der Waals surface area contributed by atoms with Gasteiger partial charge in [0.25, 0.3) is 0 Å². The second kappa shape index (κ2) is 8.16. The summed E-state index contributed by atoms with van der Waals surface area (Å²) < 4.78 is 6.55. The Morgan fingerprint density at radius 2 is 2.11 bits per heavy atom. The zero-order valence-corrected chi connectivity index (χ0v) is 13.5. The molecule has 0 bridgehead atoms. The summed E-state index contributed by atoms with van der Waals surface area (Å²) >= 11 is 9.63. The van der Waals surface area contributed by atoms with Crippen LogP contribution in [0.4, 0.5) is 0 Å². The minimum atomic E-state index is 0.347. The zero-order valence-electron chi connectivity index (χ0n) is 11.2. The Bertz CT molecular complexity index is 371. The number of hydrogen-bond acceptors (Lipinski definition) is 2. The van der Waals surface area contributed by atoms with Gasteiger partial charge >= 0.3 is 0 Å². The minimum absolute atomic E-state index is 0.347. The summed E-state index contributed by atoms with van der Waals surface area (Å²) in [6.07, 6.45) is 0. The van der Waals surface area contributed by atoms with Crippen molar-refractivity contribution in [3.63, 3.8) is 0 Å². The number of halogens is 2. The van der Waals surface area contributed by atoms with Gasteiger partial charge in [-0.2, -0.15) is 0 Å². The van der Waals surface area contributed by atoms with Crippen molar-refractivity contribution in [2.75, 3.05) is 13.2 Å². The Labute approximate surface area is 123 Å². The topological polar surface area (TPSA) is 21.3 Å². The molecule has 0 aliphatic heterocycles. The van der Waals surface area contributed by atoms with Crippen molar-refractivity contribution in [1.82, 2.24) is 5.32 Å². The number of benzene rings is 1. The first-order valence-corrected chi connectivity index (χ1v) is 7.46. The standard InChI is InChI=1S/C14H21BrClNO/c1-4-18-9-14(10(2)3)17-8-11-7-12(15)5-6-13(11)16/h5-7,10,14,17H,4,8-9H2,1-3H3. The third-order valence-corrected chi connectivity index (χ3v) is 3.73. The van der Waals surface area contributed by atoms with Gasteiger partial charge in [0.2, 0.25) is 0 Å². The number of rotatable bonds is 7. The van der Waals surface area contributed by atoms with Crippen LogP contribution in [0.5, 0.6) is 0 Å². The average molecular weight is 335 g/mol. The van der Waals surface area contributed by atoms with Crippen LogP contribution in [0.25, 0.3) is 0 Å². The quantitative estimate of drug-likeness (QED) is 0.804. The molecule has 1 rings (SSSR count). The van der Waals surface area contributed by atoms with Gasteiger partial charge < -0.3 is 10.1 Å². The SMILES string of the molecule is CCOCC(NCc1cc(Br)ccc1Cl)C(C)C. The van der Waals surface area contributed by atoms with Crippen LogP contribution in [0.1, 0.15) is 26.3 Å². The van der Waals surface area contributed by atoms with Crippen molar-refractivity contribution in [2.45, 2.75) is 33.4 Å². The van der Waals surface area contributed by atoms with E-state index in [0.29, 0.717) is 12.0 Å². The Hall–Kier alpha value is -0.0900. The third-order valence-electron chi connectivity index (χ3n) is 2.87. The molecule has 1 N–H and O–H groups in total. The Balaban J connectivity index is 2.58. The van der Waals surface area contributed by atoms with Gasteiger partial charge in [-0.1, -0.05) is 41.4 Å². The van der Waals surface area contributed by atoms with E-state index in [1.807, 2.05) is 25.1 Å². The van der Waals surface area contributed by atoms with Gasteiger partial charge in [0.05, 0.1) is 6.61 Å². The summed E-state index contributed by atoms with van der Waals surface area (Å²) in [6, 6.07) is 6.26. The predicted octanol–water partition coefficient (Wildman–Crippen LogP) is 4.25. The summed E-state index contributed by atoms with van der Waals surface area (Å²) in [6.45, 7) is 8.65. The summed E-state index contributed by atoms with van der Waals surface area (Å²) in [7, 11) is 0. The maximum Gasteiger partial charge on any atom is 0.0622 e. The molecule has 1 aromatic rings. The molecule has 0 aliphatic rings. The molecule has 18 heavy (non-hydrogen) atoms. The molecule has 1 atom stereocenters. The lowest BCUT2D eigenvalue weighted by Crippen LogP contribution is -2.37. The molecule has 0 aliphatic carbocycles. The fourth-order valence-corrected chi connectivity index (χ4v) is 2.24. The van der Waals surface area contributed by atoms with E-state index in [1.54, 1.807) is 0 Å². The molecule has 0 radical (unpaired) electrons. The first-order chi connectivity index (χ1) is 8.54. The van der Waals surface area contributed by atoms with Gasteiger partial charge in [-0.25, -0.2) is 0 Å². The van der Waals surface area contributed by atoms with Crippen LogP contribution < -0.4 is 5.32 Å². The molecule has 0 amide bonds. The molecule has 0 heterocycles. The summed E-state index contributed by atoms with van der Waals surface area (Å²) in [5.41, 5.74) is 1.10. The van der Waals surface area contributed by atoms with E-state index in [9.17, 15) is 0 Å². The molecular weight excluding hydrogens is 314 g/mol. The monoisotopic (exact) mass is 333 g/mol. The third kappa shape index (κ3) is 5.27. The van der Waals surface area contributed by atoms with E-state index in [1.165, 1.54) is 0 Å². The number of nitrogens with one attached hydrogen (secondary N) is 1. The lowest BCUT2D eigenvalue weighted by molar-refractivity contribution is 0.108. The first-order valence-electron chi connectivity index (χ1n) is 6.29. The van der Waals surface area contributed by atoms with Crippen molar-refractivity contribution in [3.05, 3.63) is 33.3 Å². The fourth-order valence-electron chi connectivity index (χ4n) is 1.65. The number of hydrogen-bond donors (Lipinski definition) is 1. The normalized spacial score (nSPS) is 13.0. The highest BCUT2D eigenvalue weighted by Gasteiger charge is 2.13. The molecule has 0 spiro atoms. The van der Waals surface area contributed by atoms with Gasteiger partial charge in [-0.3, -0.25) is 0 Å². The van der Waals surface area contributed by atoms with Crippen LogP contribution in [0, 0.1) is 5.92 Å². The average Bonchev–Trinajstić information content (AvgIpc) is 2.33. The van der Waals surface area contributed by atoms with Crippen molar-refractivity contribution < 1.29 is 4.74 Å². The van der Waals surface area contributed by atoms with Crippen molar-refractivity contribution in [2.24, 2.45) is 5.92 Å². The summed E-state index contributed by atoms with van der Waals surface area (Å²) in [5, 5.41) is 4.30. The molecule has 1 aromatic carbocycles. The van der Waals surface area contributed by atoms with E-state index < -0.39 is 0 Å². The van der Waals surface area contributed by atoms with Crippen LogP contribution in [0.3, 0.4) is 0 Å². The molecular formula is C14H21BrClNO. The summed E-state index contributed by atoms with van der Waals surface area (Å²) in [4.78, 5) is 0. The minimum Gasteiger partial charge on any atom is -0.380 e. The predicted molar refractivity (Wildman–Crippen MR) is 81.1 cm³/mol. The van der Waals surface area contributed by atoms with E-state index in [2.05, 4.69) is 35.1 Å². The fraction of sp³-hybridized carbons (Fsp3) is 0.571. The molecule has 102 valence electrons.